The van der Waals surface area contributed by atoms with Gasteiger partial charge in [-0.1, -0.05) is 35.9 Å². The zero-order chi connectivity index (χ0) is 16.7. The first-order valence-electron chi connectivity index (χ1n) is 8.06. The van der Waals surface area contributed by atoms with E-state index in [1.807, 2.05) is 36.4 Å². The summed E-state index contributed by atoms with van der Waals surface area (Å²) in [6.45, 7) is 0.888. The molecule has 1 aliphatic rings. The highest BCUT2D eigenvalue weighted by Crippen LogP contribution is 2.43. The molecule has 0 fully saturated rings. The van der Waals surface area contributed by atoms with Gasteiger partial charge in [-0.05, 0) is 48.2 Å². The Morgan fingerprint density at radius 1 is 0.958 bits per heavy atom. The number of aliphatic hydroxyl groups excluding tert-OH is 1. The molecule has 0 saturated heterocycles. The lowest BCUT2D eigenvalue weighted by atomic mass is 9.94. The van der Waals surface area contributed by atoms with Crippen LogP contribution in [-0.4, -0.2) is 9.67 Å². The highest BCUT2D eigenvalue weighted by atomic mass is 35.5. The smallest absolute Gasteiger partial charge is 0.123 e. The quantitative estimate of drug-likeness (QED) is 0.708. The van der Waals surface area contributed by atoms with Crippen molar-refractivity contribution in [1.29, 1.82) is 0 Å². The molecule has 4 rings (SSSR count). The van der Waals surface area contributed by atoms with E-state index in [1.54, 1.807) is 0 Å². The third-order valence-electron chi connectivity index (χ3n) is 4.69. The topological polar surface area (TPSA) is 25.2 Å². The van der Waals surface area contributed by atoms with Gasteiger partial charge in [0, 0.05) is 28.4 Å². The molecule has 24 heavy (non-hydrogen) atoms. The van der Waals surface area contributed by atoms with Crippen molar-refractivity contribution in [3.05, 3.63) is 70.8 Å². The maximum Gasteiger partial charge on any atom is 0.123 e. The van der Waals surface area contributed by atoms with Crippen LogP contribution in [0.1, 0.15) is 17.8 Å². The molecule has 0 saturated carbocycles. The van der Waals surface area contributed by atoms with Crippen LogP contribution in [0.3, 0.4) is 0 Å². The minimum Gasteiger partial charge on any atom is -0.390 e. The number of fused-ring (bicyclic) bond motifs is 1. The normalized spacial score (nSPS) is 13.3. The van der Waals surface area contributed by atoms with E-state index in [2.05, 4.69) is 4.57 Å². The van der Waals surface area contributed by atoms with Gasteiger partial charge in [-0.3, -0.25) is 0 Å². The van der Waals surface area contributed by atoms with E-state index in [9.17, 15) is 9.50 Å². The summed E-state index contributed by atoms with van der Waals surface area (Å²) >= 11 is 6.03. The molecule has 0 amide bonds. The summed E-state index contributed by atoms with van der Waals surface area (Å²) in [4.78, 5) is 0. The predicted octanol–water partition coefficient (Wildman–Crippen LogP) is 5.05. The van der Waals surface area contributed by atoms with Gasteiger partial charge in [0.25, 0.3) is 0 Å². The average Bonchev–Trinajstić information content (AvgIpc) is 3.16. The fourth-order valence-electron chi connectivity index (χ4n) is 3.68. The monoisotopic (exact) mass is 341 g/mol. The van der Waals surface area contributed by atoms with Gasteiger partial charge >= 0.3 is 0 Å². The molecule has 0 spiro atoms. The Kier molecular flexibility index (Phi) is 3.91. The Bertz CT molecular complexity index is 835. The van der Waals surface area contributed by atoms with E-state index < -0.39 is 0 Å². The van der Waals surface area contributed by atoms with Crippen molar-refractivity contribution in [3.63, 3.8) is 0 Å². The summed E-state index contributed by atoms with van der Waals surface area (Å²) in [7, 11) is 0. The van der Waals surface area contributed by atoms with E-state index in [0.717, 1.165) is 47.3 Å². The maximum absolute atomic E-state index is 13.4. The standard InChI is InChI=1S/C20H17ClFNO/c21-15-7-3-13(4-8-15)20-18(12-24)23-11-1-2-17(23)19(20)14-5-9-16(22)10-6-14/h3-10,24H,1-2,11-12H2. The van der Waals surface area contributed by atoms with Crippen molar-refractivity contribution >= 4 is 11.6 Å². The van der Waals surface area contributed by atoms with Gasteiger partial charge in [0.15, 0.2) is 0 Å². The van der Waals surface area contributed by atoms with Crippen molar-refractivity contribution in [3.8, 4) is 22.3 Å². The van der Waals surface area contributed by atoms with Gasteiger partial charge in [0.05, 0.1) is 12.3 Å². The van der Waals surface area contributed by atoms with Crippen molar-refractivity contribution in [2.75, 3.05) is 0 Å². The fourth-order valence-corrected chi connectivity index (χ4v) is 3.80. The molecule has 1 aromatic heterocycles. The highest BCUT2D eigenvalue weighted by Gasteiger charge is 2.27. The predicted molar refractivity (Wildman–Crippen MR) is 94.5 cm³/mol. The average molecular weight is 342 g/mol. The Balaban J connectivity index is 2.00. The van der Waals surface area contributed by atoms with E-state index >= 15 is 0 Å². The van der Waals surface area contributed by atoms with Crippen LogP contribution in [-0.2, 0) is 19.6 Å². The third kappa shape index (κ3) is 2.45. The van der Waals surface area contributed by atoms with E-state index in [4.69, 9.17) is 11.6 Å². The van der Waals surface area contributed by atoms with E-state index in [0.29, 0.717) is 5.02 Å². The Morgan fingerprint density at radius 3 is 2.25 bits per heavy atom. The molecule has 0 atom stereocenters. The summed E-state index contributed by atoms with van der Waals surface area (Å²) in [6.07, 6.45) is 2.03. The minimum atomic E-state index is -0.245. The third-order valence-corrected chi connectivity index (χ3v) is 4.94. The Labute approximate surface area is 145 Å². The Morgan fingerprint density at radius 2 is 1.58 bits per heavy atom. The molecule has 122 valence electrons. The van der Waals surface area contributed by atoms with E-state index in [1.165, 1.54) is 17.8 Å². The zero-order valence-corrected chi connectivity index (χ0v) is 13.9. The van der Waals surface area contributed by atoms with Crippen LogP contribution in [0.2, 0.25) is 5.02 Å². The van der Waals surface area contributed by atoms with Crippen LogP contribution in [0.25, 0.3) is 22.3 Å². The lowest BCUT2D eigenvalue weighted by molar-refractivity contribution is 0.272. The van der Waals surface area contributed by atoms with Crippen LogP contribution < -0.4 is 0 Å². The SMILES string of the molecule is OCc1c(-c2ccc(Cl)cc2)c(-c2ccc(F)cc2)c2n1CCC2. The molecule has 0 unspecified atom stereocenters. The lowest BCUT2D eigenvalue weighted by Gasteiger charge is -2.10. The molecule has 0 radical (unpaired) electrons. The van der Waals surface area contributed by atoms with Gasteiger partial charge in [0.2, 0.25) is 0 Å². The molecule has 0 aliphatic carbocycles. The molecular weight excluding hydrogens is 325 g/mol. The molecule has 2 heterocycles. The van der Waals surface area contributed by atoms with Crippen molar-refractivity contribution < 1.29 is 9.50 Å². The molecule has 1 N–H and O–H groups in total. The number of nitrogens with zero attached hydrogens (tertiary/aromatic N) is 1. The summed E-state index contributed by atoms with van der Waals surface area (Å²) in [5.41, 5.74) is 6.26. The van der Waals surface area contributed by atoms with Gasteiger partial charge in [0.1, 0.15) is 5.82 Å². The number of halogens is 2. The number of aliphatic hydroxyl groups is 1. The fraction of sp³-hybridized carbons (Fsp3) is 0.200. The van der Waals surface area contributed by atoms with Crippen molar-refractivity contribution in [1.82, 2.24) is 4.57 Å². The van der Waals surface area contributed by atoms with Crippen LogP contribution >= 0.6 is 11.6 Å². The Hall–Kier alpha value is -2.10. The van der Waals surface area contributed by atoms with Gasteiger partial charge in [-0.15, -0.1) is 0 Å². The maximum atomic E-state index is 13.4. The van der Waals surface area contributed by atoms with Crippen molar-refractivity contribution in [2.24, 2.45) is 0 Å². The van der Waals surface area contributed by atoms with Crippen molar-refractivity contribution in [2.45, 2.75) is 26.0 Å². The first-order chi connectivity index (χ1) is 11.7. The number of rotatable bonds is 3. The van der Waals surface area contributed by atoms with Crippen LogP contribution in [0.5, 0.6) is 0 Å². The summed E-state index contributed by atoms with van der Waals surface area (Å²) in [6, 6.07) is 14.2. The van der Waals surface area contributed by atoms with Gasteiger partial charge < -0.3 is 9.67 Å². The van der Waals surface area contributed by atoms with Crippen LogP contribution in [0.4, 0.5) is 4.39 Å². The molecule has 0 bridgehead atoms. The summed E-state index contributed by atoms with van der Waals surface area (Å²) in [5.74, 6) is -0.245. The first-order valence-corrected chi connectivity index (χ1v) is 8.44. The van der Waals surface area contributed by atoms with Gasteiger partial charge in [-0.2, -0.15) is 0 Å². The first kappa shape index (κ1) is 15.4. The number of benzene rings is 2. The second-order valence-electron chi connectivity index (χ2n) is 6.07. The second kappa shape index (κ2) is 6.08. The second-order valence-corrected chi connectivity index (χ2v) is 6.51. The summed E-state index contributed by atoms with van der Waals surface area (Å²) in [5, 5.41) is 10.7. The molecule has 1 aliphatic heterocycles. The lowest BCUT2D eigenvalue weighted by Crippen LogP contribution is -2.00. The number of hydrogen-bond acceptors (Lipinski definition) is 1. The highest BCUT2D eigenvalue weighted by molar-refractivity contribution is 6.30. The molecular formula is C20H17ClFNO. The largest absolute Gasteiger partial charge is 0.390 e. The molecule has 2 nitrogen and oxygen atoms in total. The van der Waals surface area contributed by atoms with E-state index in [-0.39, 0.29) is 12.4 Å². The zero-order valence-electron chi connectivity index (χ0n) is 13.1. The summed E-state index contributed by atoms with van der Waals surface area (Å²) < 4.78 is 15.6. The molecule has 2 aromatic carbocycles. The molecule has 4 heteroatoms. The number of hydrogen-bond donors (Lipinski definition) is 1. The van der Waals surface area contributed by atoms with Crippen LogP contribution in [0, 0.1) is 5.82 Å². The molecule has 3 aromatic rings. The minimum absolute atomic E-state index is 0.0217. The van der Waals surface area contributed by atoms with Crippen LogP contribution in [0.15, 0.2) is 48.5 Å². The van der Waals surface area contributed by atoms with Gasteiger partial charge in [-0.25, -0.2) is 4.39 Å². The number of aromatic nitrogens is 1.